The second-order valence-corrected chi connectivity index (χ2v) is 6.01. The Bertz CT molecular complexity index is 1220. The van der Waals surface area contributed by atoms with Gasteiger partial charge in [0.2, 0.25) is 0 Å². The van der Waals surface area contributed by atoms with Gasteiger partial charge in [-0.3, -0.25) is 14.9 Å². The van der Waals surface area contributed by atoms with E-state index >= 15 is 0 Å². The third-order valence-electron chi connectivity index (χ3n) is 3.88. The normalized spacial score (nSPS) is 11.1. The van der Waals surface area contributed by atoms with Gasteiger partial charge in [-0.1, -0.05) is 11.6 Å². The highest BCUT2D eigenvalue weighted by Crippen LogP contribution is 2.28. The zero-order chi connectivity index (χ0) is 18.3. The summed E-state index contributed by atoms with van der Waals surface area (Å²) in [5, 5.41) is 15.1. The van der Waals surface area contributed by atoms with Crippen molar-refractivity contribution < 1.29 is 4.92 Å². The number of pyridine rings is 1. The number of benzene rings is 1. The van der Waals surface area contributed by atoms with Crippen LogP contribution in [0.4, 0.5) is 11.4 Å². The smallest absolute Gasteiger partial charge is 0.293 e. The van der Waals surface area contributed by atoms with E-state index < -0.39 is 10.5 Å². The van der Waals surface area contributed by atoms with Crippen LogP contribution in [0.2, 0.25) is 5.02 Å². The molecule has 3 heterocycles. The second kappa shape index (κ2) is 6.12. The van der Waals surface area contributed by atoms with Crippen molar-refractivity contribution in [3.05, 3.63) is 74.2 Å². The van der Waals surface area contributed by atoms with Gasteiger partial charge in [0.05, 0.1) is 39.4 Å². The summed E-state index contributed by atoms with van der Waals surface area (Å²) < 4.78 is 1.77. The maximum Gasteiger partial charge on any atom is 0.293 e. The Morgan fingerprint density at radius 1 is 1.31 bits per heavy atom. The second-order valence-electron chi connectivity index (χ2n) is 5.57. The third kappa shape index (κ3) is 2.84. The lowest BCUT2D eigenvalue weighted by molar-refractivity contribution is -0.383. The SMILES string of the molecule is O=c1[nH]cnc2cc(NCc3cn4cc(Cl)ccc4n3)c([N+](=O)[O-])cc12. The van der Waals surface area contributed by atoms with E-state index in [1.165, 1.54) is 18.5 Å². The van der Waals surface area contributed by atoms with Crippen molar-refractivity contribution in [1.29, 1.82) is 0 Å². The fraction of sp³-hybridized carbons (Fsp3) is 0.0625. The van der Waals surface area contributed by atoms with Crippen LogP contribution in [-0.4, -0.2) is 24.3 Å². The third-order valence-corrected chi connectivity index (χ3v) is 4.10. The summed E-state index contributed by atoms with van der Waals surface area (Å²) in [6, 6.07) is 6.21. The molecule has 10 heteroatoms. The number of anilines is 1. The van der Waals surface area contributed by atoms with Crippen LogP contribution in [0.25, 0.3) is 16.6 Å². The maximum atomic E-state index is 11.8. The van der Waals surface area contributed by atoms with Gasteiger partial charge in [-0.2, -0.15) is 0 Å². The number of aromatic nitrogens is 4. The molecule has 2 N–H and O–H groups in total. The summed E-state index contributed by atoms with van der Waals surface area (Å²) in [6.45, 7) is 0.259. The van der Waals surface area contributed by atoms with E-state index in [0.29, 0.717) is 21.9 Å². The van der Waals surface area contributed by atoms with Crippen molar-refractivity contribution in [2.24, 2.45) is 0 Å². The van der Waals surface area contributed by atoms with Crippen LogP contribution in [0.5, 0.6) is 0 Å². The van der Waals surface area contributed by atoms with E-state index in [9.17, 15) is 14.9 Å². The number of nitro groups is 1. The van der Waals surface area contributed by atoms with Crippen molar-refractivity contribution in [2.75, 3.05) is 5.32 Å². The average molecular weight is 371 g/mol. The summed E-state index contributed by atoms with van der Waals surface area (Å²) in [4.78, 5) is 33.5. The van der Waals surface area contributed by atoms with Gasteiger partial charge in [0, 0.05) is 18.5 Å². The number of hydrogen-bond donors (Lipinski definition) is 2. The number of nitrogens with zero attached hydrogens (tertiary/aromatic N) is 4. The quantitative estimate of drug-likeness (QED) is 0.421. The van der Waals surface area contributed by atoms with E-state index in [1.807, 2.05) is 0 Å². The zero-order valence-electron chi connectivity index (χ0n) is 13.1. The molecule has 3 aromatic heterocycles. The Kier molecular flexibility index (Phi) is 3.77. The predicted molar refractivity (Wildman–Crippen MR) is 96.5 cm³/mol. The number of halogens is 1. The van der Waals surface area contributed by atoms with Crippen LogP contribution in [-0.2, 0) is 6.54 Å². The Balaban J connectivity index is 1.70. The van der Waals surface area contributed by atoms with Crippen LogP contribution in [0, 0.1) is 10.1 Å². The molecule has 0 bridgehead atoms. The minimum absolute atomic E-state index is 0.159. The van der Waals surface area contributed by atoms with Crippen LogP contribution in [0.1, 0.15) is 5.69 Å². The lowest BCUT2D eigenvalue weighted by Crippen LogP contribution is -2.09. The van der Waals surface area contributed by atoms with Gasteiger partial charge in [-0.15, -0.1) is 0 Å². The van der Waals surface area contributed by atoms with Crippen LogP contribution in [0.15, 0.2) is 47.8 Å². The highest BCUT2D eigenvalue weighted by Gasteiger charge is 2.17. The lowest BCUT2D eigenvalue weighted by atomic mass is 10.2. The van der Waals surface area contributed by atoms with Crippen molar-refractivity contribution in [3.63, 3.8) is 0 Å². The lowest BCUT2D eigenvalue weighted by Gasteiger charge is -2.06. The molecule has 1 aromatic carbocycles. The van der Waals surface area contributed by atoms with Gasteiger partial charge < -0.3 is 14.7 Å². The topological polar surface area (TPSA) is 118 Å². The van der Waals surface area contributed by atoms with E-state index in [2.05, 4.69) is 20.3 Å². The molecule has 0 aliphatic carbocycles. The number of rotatable bonds is 4. The van der Waals surface area contributed by atoms with Gasteiger partial charge in [-0.05, 0) is 18.2 Å². The standard InChI is InChI=1S/C16H11ClN6O3/c17-9-1-2-15-21-10(7-22(15)6-9)5-18-13-4-12-11(3-14(13)23(25)26)16(24)20-8-19-12/h1-4,6-8,18H,5H2,(H,19,20,24). The molecule has 0 unspecified atom stereocenters. The monoisotopic (exact) mass is 370 g/mol. The molecule has 130 valence electrons. The molecule has 0 saturated carbocycles. The first-order valence-electron chi connectivity index (χ1n) is 7.54. The molecule has 0 aliphatic heterocycles. The molecule has 0 amide bonds. The first-order chi connectivity index (χ1) is 12.5. The van der Waals surface area contributed by atoms with Gasteiger partial charge in [0.25, 0.3) is 11.2 Å². The van der Waals surface area contributed by atoms with Crippen molar-refractivity contribution >= 4 is 39.5 Å². The molecule has 4 aromatic rings. The number of imidazole rings is 1. The van der Waals surface area contributed by atoms with E-state index in [-0.39, 0.29) is 23.3 Å². The van der Waals surface area contributed by atoms with Crippen molar-refractivity contribution in [3.8, 4) is 0 Å². The molecule has 0 radical (unpaired) electrons. The number of hydrogen-bond acceptors (Lipinski definition) is 6. The number of H-pyrrole nitrogens is 1. The first-order valence-corrected chi connectivity index (χ1v) is 7.92. The van der Waals surface area contributed by atoms with Gasteiger partial charge in [0.15, 0.2) is 0 Å². The molecular formula is C16H11ClN6O3. The summed E-state index contributed by atoms with van der Waals surface area (Å²) in [5.74, 6) is 0. The number of nitro benzene ring substituents is 1. The van der Waals surface area contributed by atoms with Crippen LogP contribution < -0.4 is 10.9 Å². The van der Waals surface area contributed by atoms with Gasteiger partial charge in [-0.25, -0.2) is 9.97 Å². The zero-order valence-corrected chi connectivity index (χ0v) is 13.9. The molecule has 26 heavy (non-hydrogen) atoms. The summed E-state index contributed by atoms with van der Waals surface area (Å²) in [6.07, 6.45) is 4.76. The molecule has 4 rings (SSSR count). The van der Waals surface area contributed by atoms with E-state index in [1.54, 1.807) is 28.9 Å². The van der Waals surface area contributed by atoms with Crippen molar-refractivity contribution in [1.82, 2.24) is 19.4 Å². The van der Waals surface area contributed by atoms with Gasteiger partial charge >= 0.3 is 0 Å². The molecule has 0 aliphatic rings. The summed E-state index contributed by atoms with van der Waals surface area (Å²) in [7, 11) is 0. The molecule has 0 fully saturated rings. The summed E-state index contributed by atoms with van der Waals surface area (Å²) >= 11 is 5.95. The molecule has 0 atom stereocenters. The highest BCUT2D eigenvalue weighted by atomic mass is 35.5. The average Bonchev–Trinajstić information content (AvgIpc) is 3.01. The van der Waals surface area contributed by atoms with Gasteiger partial charge in [0.1, 0.15) is 11.3 Å². The predicted octanol–water partition coefficient (Wildman–Crippen LogP) is 2.74. The molecular weight excluding hydrogens is 360 g/mol. The minimum atomic E-state index is -0.544. The fourth-order valence-corrected chi connectivity index (χ4v) is 2.85. The van der Waals surface area contributed by atoms with E-state index in [0.717, 1.165) is 0 Å². The Hall–Kier alpha value is -3.46. The first kappa shape index (κ1) is 16.0. The Labute approximate surface area is 150 Å². The minimum Gasteiger partial charge on any atom is -0.374 e. The molecule has 9 nitrogen and oxygen atoms in total. The number of aromatic amines is 1. The van der Waals surface area contributed by atoms with Crippen LogP contribution in [0.3, 0.4) is 0 Å². The highest BCUT2D eigenvalue weighted by molar-refractivity contribution is 6.30. The van der Waals surface area contributed by atoms with Crippen LogP contribution >= 0.6 is 11.6 Å². The van der Waals surface area contributed by atoms with Crippen molar-refractivity contribution in [2.45, 2.75) is 6.54 Å². The Morgan fingerprint density at radius 3 is 2.96 bits per heavy atom. The largest absolute Gasteiger partial charge is 0.374 e. The maximum absolute atomic E-state index is 11.8. The van der Waals surface area contributed by atoms with E-state index in [4.69, 9.17) is 11.6 Å². The Morgan fingerprint density at radius 2 is 2.15 bits per heavy atom. The molecule has 0 spiro atoms. The molecule has 0 saturated heterocycles. The summed E-state index contributed by atoms with van der Waals surface area (Å²) in [5.41, 5.74) is 1.39. The fourth-order valence-electron chi connectivity index (χ4n) is 2.68. The number of nitrogens with one attached hydrogen (secondary N) is 2. The number of fused-ring (bicyclic) bond motifs is 2.